The second-order valence-corrected chi connectivity index (χ2v) is 6.19. The molecule has 0 saturated carbocycles. The number of carbonyl (C=O) groups is 2. The van der Waals surface area contributed by atoms with Crippen LogP contribution in [0.5, 0.6) is 0 Å². The number of para-hydroxylation sites is 1. The first kappa shape index (κ1) is 15.6. The van der Waals surface area contributed by atoms with E-state index in [1.54, 1.807) is 47.5 Å². The summed E-state index contributed by atoms with van der Waals surface area (Å²) < 4.78 is 14.3. The summed E-state index contributed by atoms with van der Waals surface area (Å²) in [5.41, 5.74) is 1.62. The van der Waals surface area contributed by atoms with Crippen LogP contribution < -0.4 is 4.90 Å². The van der Waals surface area contributed by atoms with Crippen molar-refractivity contribution in [3.63, 3.8) is 0 Å². The van der Waals surface area contributed by atoms with Gasteiger partial charge < -0.3 is 4.90 Å². The maximum atomic E-state index is 14.3. The summed E-state index contributed by atoms with van der Waals surface area (Å²) in [6, 6.07) is 13.1. The molecule has 2 aliphatic heterocycles. The summed E-state index contributed by atoms with van der Waals surface area (Å²) >= 11 is 0. The van der Waals surface area contributed by atoms with Crippen molar-refractivity contribution in [3.8, 4) is 0 Å². The lowest BCUT2D eigenvalue weighted by Gasteiger charge is -2.24. The third kappa shape index (κ3) is 2.61. The molecular formula is C20H17FN2O2. The molecule has 4 nitrogen and oxygen atoms in total. The summed E-state index contributed by atoms with van der Waals surface area (Å²) in [7, 11) is 0. The SMILES string of the molecule is O=C1CCCN1/C=C/C1c2ccccc2C(=O)N1c1ccccc1F. The van der Waals surface area contributed by atoms with Crippen LogP contribution in [0.1, 0.15) is 34.8 Å². The lowest BCUT2D eigenvalue weighted by molar-refractivity contribution is -0.125. The summed E-state index contributed by atoms with van der Waals surface area (Å²) in [6.07, 6.45) is 4.91. The summed E-state index contributed by atoms with van der Waals surface area (Å²) in [5, 5.41) is 0. The fourth-order valence-corrected chi connectivity index (χ4v) is 3.45. The van der Waals surface area contributed by atoms with Gasteiger partial charge in [0.2, 0.25) is 5.91 Å². The molecule has 25 heavy (non-hydrogen) atoms. The van der Waals surface area contributed by atoms with E-state index in [1.165, 1.54) is 11.0 Å². The molecule has 0 N–H and O–H groups in total. The standard InChI is InChI=1S/C20H17FN2O2/c21-16-8-3-4-9-18(16)23-17(11-13-22-12-5-10-19(22)24)14-6-1-2-7-15(14)20(23)25/h1-4,6-9,11,13,17H,5,10,12H2/b13-11+. The molecule has 0 aliphatic carbocycles. The molecule has 1 saturated heterocycles. The molecule has 4 rings (SSSR count). The molecule has 5 heteroatoms. The van der Waals surface area contributed by atoms with E-state index in [-0.39, 0.29) is 17.5 Å². The van der Waals surface area contributed by atoms with Crippen LogP contribution in [-0.2, 0) is 4.79 Å². The molecule has 0 aromatic heterocycles. The quantitative estimate of drug-likeness (QED) is 0.858. The van der Waals surface area contributed by atoms with Gasteiger partial charge in [0.25, 0.3) is 5.91 Å². The second kappa shape index (κ2) is 6.16. The topological polar surface area (TPSA) is 40.6 Å². The minimum atomic E-state index is -0.445. The van der Waals surface area contributed by atoms with Crippen molar-refractivity contribution in [1.82, 2.24) is 4.90 Å². The van der Waals surface area contributed by atoms with Crippen LogP contribution in [-0.4, -0.2) is 23.3 Å². The van der Waals surface area contributed by atoms with Crippen molar-refractivity contribution in [2.75, 3.05) is 11.4 Å². The Morgan fingerprint density at radius 3 is 2.56 bits per heavy atom. The highest BCUT2D eigenvalue weighted by molar-refractivity contribution is 6.11. The number of fused-ring (bicyclic) bond motifs is 1. The van der Waals surface area contributed by atoms with Gasteiger partial charge in [0.05, 0.1) is 11.7 Å². The number of hydrogen-bond donors (Lipinski definition) is 0. The Labute approximate surface area is 145 Å². The van der Waals surface area contributed by atoms with Crippen LogP contribution in [0, 0.1) is 5.82 Å². The Morgan fingerprint density at radius 2 is 1.80 bits per heavy atom. The fraction of sp³-hybridized carbons (Fsp3) is 0.200. The number of amides is 2. The van der Waals surface area contributed by atoms with E-state index in [2.05, 4.69) is 0 Å². The maximum absolute atomic E-state index is 14.3. The molecule has 0 bridgehead atoms. The predicted molar refractivity (Wildman–Crippen MR) is 92.5 cm³/mol. The van der Waals surface area contributed by atoms with Crippen molar-refractivity contribution in [2.24, 2.45) is 0 Å². The van der Waals surface area contributed by atoms with Gasteiger partial charge in [-0.25, -0.2) is 4.39 Å². The lowest BCUT2D eigenvalue weighted by Crippen LogP contribution is -2.28. The van der Waals surface area contributed by atoms with Crippen molar-refractivity contribution in [2.45, 2.75) is 18.9 Å². The van der Waals surface area contributed by atoms with Crippen molar-refractivity contribution in [3.05, 3.63) is 77.8 Å². The van der Waals surface area contributed by atoms with Gasteiger partial charge in [-0.3, -0.25) is 14.5 Å². The zero-order chi connectivity index (χ0) is 17.4. The van der Waals surface area contributed by atoms with E-state index in [0.29, 0.717) is 18.5 Å². The largest absolute Gasteiger partial charge is 0.319 e. The molecule has 2 amide bonds. The Morgan fingerprint density at radius 1 is 1.04 bits per heavy atom. The van der Waals surface area contributed by atoms with Crippen LogP contribution >= 0.6 is 0 Å². The van der Waals surface area contributed by atoms with Gasteiger partial charge in [-0.15, -0.1) is 0 Å². The molecule has 2 aromatic rings. The normalized spacial score (nSPS) is 20.0. The molecule has 1 unspecified atom stereocenters. The van der Waals surface area contributed by atoms with Gasteiger partial charge in [-0.2, -0.15) is 0 Å². The van der Waals surface area contributed by atoms with Gasteiger partial charge in [-0.05, 0) is 36.3 Å². The van der Waals surface area contributed by atoms with E-state index >= 15 is 0 Å². The van der Waals surface area contributed by atoms with Gasteiger partial charge in [0, 0.05) is 24.7 Å². The minimum Gasteiger partial charge on any atom is -0.319 e. The number of nitrogens with zero attached hydrogens (tertiary/aromatic N) is 2. The zero-order valence-corrected chi connectivity index (χ0v) is 13.6. The minimum absolute atomic E-state index is 0.0753. The molecule has 1 atom stereocenters. The Hall–Kier alpha value is -2.95. The molecule has 126 valence electrons. The molecule has 0 spiro atoms. The van der Waals surface area contributed by atoms with E-state index < -0.39 is 11.9 Å². The average molecular weight is 336 g/mol. The third-order valence-electron chi connectivity index (χ3n) is 4.68. The maximum Gasteiger partial charge on any atom is 0.259 e. The zero-order valence-electron chi connectivity index (χ0n) is 13.6. The Bertz CT molecular complexity index is 878. The van der Waals surface area contributed by atoms with E-state index in [4.69, 9.17) is 0 Å². The average Bonchev–Trinajstić information content (AvgIpc) is 3.15. The van der Waals surface area contributed by atoms with Crippen LogP contribution in [0.25, 0.3) is 0 Å². The first-order valence-corrected chi connectivity index (χ1v) is 8.31. The van der Waals surface area contributed by atoms with Crippen molar-refractivity contribution < 1.29 is 14.0 Å². The monoisotopic (exact) mass is 336 g/mol. The lowest BCUT2D eigenvalue weighted by atomic mass is 10.0. The second-order valence-electron chi connectivity index (χ2n) is 6.19. The molecule has 1 fully saturated rings. The fourth-order valence-electron chi connectivity index (χ4n) is 3.45. The van der Waals surface area contributed by atoms with E-state index in [0.717, 1.165) is 12.0 Å². The van der Waals surface area contributed by atoms with Crippen molar-refractivity contribution in [1.29, 1.82) is 0 Å². The van der Waals surface area contributed by atoms with Crippen LogP contribution in [0.4, 0.5) is 10.1 Å². The summed E-state index contributed by atoms with van der Waals surface area (Å²) in [6.45, 7) is 0.678. The molecule has 2 aromatic carbocycles. The molecule has 2 aliphatic rings. The highest BCUT2D eigenvalue weighted by Gasteiger charge is 2.37. The number of rotatable bonds is 3. The smallest absolute Gasteiger partial charge is 0.259 e. The number of likely N-dealkylation sites (tertiary alicyclic amines) is 1. The van der Waals surface area contributed by atoms with E-state index in [9.17, 15) is 14.0 Å². The van der Waals surface area contributed by atoms with Gasteiger partial charge in [-0.1, -0.05) is 30.3 Å². The van der Waals surface area contributed by atoms with Gasteiger partial charge in [0.15, 0.2) is 0 Å². The van der Waals surface area contributed by atoms with Gasteiger partial charge >= 0.3 is 0 Å². The first-order valence-electron chi connectivity index (χ1n) is 8.31. The predicted octanol–water partition coefficient (Wildman–Crippen LogP) is 3.66. The van der Waals surface area contributed by atoms with Crippen LogP contribution in [0.3, 0.4) is 0 Å². The summed E-state index contributed by atoms with van der Waals surface area (Å²) in [4.78, 5) is 27.8. The Kier molecular flexibility index (Phi) is 3.84. The number of benzene rings is 2. The van der Waals surface area contributed by atoms with Gasteiger partial charge in [0.1, 0.15) is 5.82 Å². The highest BCUT2D eigenvalue weighted by Crippen LogP contribution is 2.39. The number of halogens is 1. The third-order valence-corrected chi connectivity index (χ3v) is 4.68. The molecular weight excluding hydrogens is 319 g/mol. The van der Waals surface area contributed by atoms with Crippen molar-refractivity contribution >= 4 is 17.5 Å². The number of anilines is 1. The van der Waals surface area contributed by atoms with E-state index in [1.807, 2.05) is 12.1 Å². The first-order chi connectivity index (χ1) is 12.2. The van der Waals surface area contributed by atoms with Crippen LogP contribution in [0.15, 0.2) is 60.8 Å². The number of hydrogen-bond acceptors (Lipinski definition) is 2. The molecule has 2 heterocycles. The highest BCUT2D eigenvalue weighted by atomic mass is 19.1. The molecule has 0 radical (unpaired) electrons. The van der Waals surface area contributed by atoms with Crippen LogP contribution in [0.2, 0.25) is 0 Å². The summed E-state index contributed by atoms with van der Waals surface area (Å²) in [5.74, 6) is -0.603. The number of carbonyl (C=O) groups excluding carboxylic acids is 2. The Balaban J connectivity index is 1.77.